The van der Waals surface area contributed by atoms with E-state index in [-0.39, 0.29) is 18.5 Å². The summed E-state index contributed by atoms with van der Waals surface area (Å²) in [5.74, 6) is 0.317. The third kappa shape index (κ3) is 3.22. The predicted octanol–water partition coefficient (Wildman–Crippen LogP) is 1.62. The van der Waals surface area contributed by atoms with E-state index >= 15 is 0 Å². The number of hydrogen-bond donors (Lipinski definition) is 1. The number of likely N-dealkylation sites (N-methyl/N-ethyl adjacent to an activating group) is 1. The number of halogens is 1. The molecule has 0 aliphatic heterocycles. The fraction of sp³-hybridized carbons (Fsp3) is 0.364. The lowest BCUT2D eigenvalue weighted by Gasteiger charge is -2.11. The molecule has 4 heteroatoms. The first-order valence-corrected chi connectivity index (χ1v) is 4.63. The van der Waals surface area contributed by atoms with Gasteiger partial charge in [-0.05, 0) is 37.7 Å². The van der Waals surface area contributed by atoms with Gasteiger partial charge in [-0.15, -0.1) is 0 Å². The second-order valence-corrected chi connectivity index (χ2v) is 3.19. The third-order valence-electron chi connectivity index (χ3n) is 2.05. The maximum Gasteiger partial charge on any atom is 0.129 e. The first-order valence-electron chi connectivity index (χ1n) is 4.63. The molecule has 1 atom stereocenters. The largest absolute Gasteiger partial charge is 0.491 e. The number of nitriles is 1. The summed E-state index contributed by atoms with van der Waals surface area (Å²) in [4.78, 5) is 0. The SMILES string of the molecule is CNC(C#N)COc1ccc(F)cc1C. The molecule has 0 heterocycles. The molecule has 0 bridgehead atoms. The second-order valence-electron chi connectivity index (χ2n) is 3.19. The maximum atomic E-state index is 12.8. The molecule has 0 fully saturated rings. The zero-order valence-corrected chi connectivity index (χ0v) is 8.75. The van der Waals surface area contributed by atoms with Gasteiger partial charge in [0.1, 0.15) is 24.2 Å². The molecule has 15 heavy (non-hydrogen) atoms. The Bertz CT molecular complexity index is 373. The predicted molar refractivity (Wildman–Crippen MR) is 55.1 cm³/mol. The van der Waals surface area contributed by atoms with Crippen molar-refractivity contribution in [1.29, 1.82) is 5.26 Å². The lowest BCUT2D eigenvalue weighted by atomic mass is 10.2. The van der Waals surface area contributed by atoms with E-state index in [1.807, 2.05) is 6.07 Å². The van der Waals surface area contributed by atoms with E-state index in [1.54, 1.807) is 20.0 Å². The first kappa shape index (κ1) is 11.5. The molecule has 0 radical (unpaired) electrons. The smallest absolute Gasteiger partial charge is 0.129 e. The Labute approximate surface area is 88.5 Å². The molecule has 0 saturated heterocycles. The molecule has 0 aliphatic rings. The highest BCUT2D eigenvalue weighted by Crippen LogP contribution is 2.18. The van der Waals surface area contributed by atoms with Gasteiger partial charge in [-0.1, -0.05) is 0 Å². The second kappa shape index (κ2) is 5.32. The van der Waals surface area contributed by atoms with Gasteiger partial charge in [0.15, 0.2) is 0 Å². The third-order valence-corrected chi connectivity index (χ3v) is 2.05. The number of ether oxygens (including phenoxy) is 1. The van der Waals surface area contributed by atoms with Crippen LogP contribution in [-0.2, 0) is 0 Å². The van der Waals surface area contributed by atoms with E-state index in [1.165, 1.54) is 12.1 Å². The highest BCUT2D eigenvalue weighted by atomic mass is 19.1. The molecule has 1 aromatic rings. The summed E-state index contributed by atoms with van der Waals surface area (Å²) in [7, 11) is 1.69. The van der Waals surface area contributed by atoms with Crippen molar-refractivity contribution in [2.24, 2.45) is 0 Å². The van der Waals surface area contributed by atoms with Gasteiger partial charge < -0.3 is 10.1 Å². The van der Waals surface area contributed by atoms with Crippen LogP contribution in [0.15, 0.2) is 18.2 Å². The number of rotatable bonds is 4. The van der Waals surface area contributed by atoms with Crippen LogP contribution in [-0.4, -0.2) is 19.7 Å². The molecule has 1 rings (SSSR count). The number of nitrogens with zero attached hydrogens (tertiary/aromatic N) is 1. The fourth-order valence-corrected chi connectivity index (χ4v) is 1.13. The highest BCUT2D eigenvalue weighted by molar-refractivity contribution is 5.32. The van der Waals surface area contributed by atoms with Crippen LogP contribution in [0.4, 0.5) is 4.39 Å². The molecular formula is C11H13FN2O. The van der Waals surface area contributed by atoms with Crippen LogP contribution in [0.1, 0.15) is 5.56 Å². The summed E-state index contributed by atoms with van der Waals surface area (Å²) in [6.07, 6.45) is 0. The van der Waals surface area contributed by atoms with E-state index < -0.39 is 0 Å². The van der Waals surface area contributed by atoms with E-state index in [0.717, 1.165) is 5.56 Å². The van der Waals surface area contributed by atoms with Gasteiger partial charge in [-0.2, -0.15) is 5.26 Å². The molecule has 0 aliphatic carbocycles. The Morgan fingerprint density at radius 1 is 1.60 bits per heavy atom. The van der Waals surface area contributed by atoms with Crippen LogP contribution in [0.5, 0.6) is 5.75 Å². The molecule has 0 saturated carbocycles. The minimum atomic E-state index is -0.352. The molecule has 1 N–H and O–H groups in total. The van der Waals surface area contributed by atoms with Gasteiger partial charge in [-0.25, -0.2) is 4.39 Å². The molecule has 3 nitrogen and oxygen atoms in total. The summed E-state index contributed by atoms with van der Waals surface area (Å²) in [6.45, 7) is 2.01. The molecule has 0 amide bonds. The summed E-state index contributed by atoms with van der Waals surface area (Å²) < 4.78 is 18.1. The van der Waals surface area contributed by atoms with E-state index in [9.17, 15) is 4.39 Å². The monoisotopic (exact) mass is 208 g/mol. The topological polar surface area (TPSA) is 45.0 Å². The van der Waals surface area contributed by atoms with Crippen LogP contribution in [0.2, 0.25) is 0 Å². The molecule has 1 aromatic carbocycles. The lowest BCUT2D eigenvalue weighted by Crippen LogP contribution is -2.30. The zero-order valence-electron chi connectivity index (χ0n) is 8.75. The Hall–Kier alpha value is -1.60. The molecule has 0 aromatic heterocycles. The van der Waals surface area contributed by atoms with Crippen molar-refractivity contribution in [3.63, 3.8) is 0 Å². The van der Waals surface area contributed by atoms with Crippen molar-refractivity contribution in [3.8, 4) is 11.8 Å². The van der Waals surface area contributed by atoms with Crippen molar-refractivity contribution in [3.05, 3.63) is 29.6 Å². The summed E-state index contributed by atoms with van der Waals surface area (Å²) in [6, 6.07) is 5.99. The van der Waals surface area contributed by atoms with Crippen LogP contribution in [0.3, 0.4) is 0 Å². The first-order chi connectivity index (χ1) is 7.17. The molecule has 0 spiro atoms. The van der Waals surface area contributed by atoms with Crippen molar-refractivity contribution in [2.45, 2.75) is 13.0 Å². The van der Waals surface area contributed by atoms with E-state index in [4.69, 9.17) is 10.00 Å². The van der Waals surface area contributed by atoms with Gasteiger partial charge in [0.25, 0.3) is 0 Å². The number of nitrogens with one attached hydrogen (secondary N) is 1. The van der Waals surface area contributed by atoms with Gasteiger partial charge in [-0.3, -0.25) is 0 Å². The molecule has 1 unspecified atom stereocenters. The van der Waals surface area contributed by atoms with Crippen molar-refractivity contribution < 1.29 is 9.13 Å². The van der Waals surface area contributed by atoms with Crippen LogP contribution in [0.25, 0.3) is 0 Å². The van der Waals surface area contributed by atoms with Crippen LogP contribution < -0.4 is 10.1 Å². The van der Waals surface area contributed by atoms with Gasteiger partial charge in [0.05, 0.1) is 6.07 Å². The number of aryl methyl sites for hydroxylation is 1. The van der Waals surface area contributed by atoms with Gasteiger partial charge in [0.2, 0.25) is 0 Å². The fourth-order valence-electron chi connectivity index (χ4n) is 1.13. The maximum absolute atomic E-state index is 12.8. The number of hydrogen-bond acceptors (Lipinski definition) is 3. The van der Waals surface area contributed by atoms with E-state index in [0.29, 0.717) is 5.75 Å². The highest BCUT2D eigenvalue weighted by Gasteiger charge is 2.06. The Balaban J connectivity index is 2.62. The lowest BCUT2D eigenvalue weighted by molar-refractivity contribution is 0.292. The minimum absolute atomic E-state index is 0.249. The summed E-state index contributed by atoms with van der Waals surface area (Å²) in [5.41, 5.74) is 0.725. The normalized spacial score (nSPS) is 11.9. The van der Waals surface area contributed by atoms with Crippen LogP contribution in [0, 0.1) is 24.1 Å². The van der Waals surface area contributed by atoms with Gasteiger partial charge in [0, 0.05) is 0 Å². The number of benzene rings is 1. The summed E-state index contributed by atoms with van der Waals surface area (Å²) in [5, 5.41) is 11.5. The zero-order chi connectivity index (χ0) is 11.3. The van der Waals surface area contributed by atoms with Crippen molar-refractivity contribution in [1.82, 2.24) is 5.32 Å². The average molecular weight is 208 g/mol. The Morgan fingerprint density at radius 2 is 2.33 bits per heavy atom. The molecular weight excluding hydrogens is 195 g/mol. The minimum Gasteiger partial charge on any atom is -0.491 e. The molecule has 80 valence electrons. The van der Waals surface area contributed by atoms with E-state index in [2.05, 4.69) is 5.32 Å². The van der Waals surface area contributed by atoms with Gasteiger partial charge >= 0.3 is 0 Å². The van der Waals surface area contributed by atoms with Crippen molar-refractivity contribution in [2.75, 3.05) is 13.7 Å². The Kier molecular flexibility index (Phi) is 4.07. The van der Waals surface area contributed by atoms with Crippen LogP contribution >= 0.6 is 0 Å². The quantitative estimate of drug-likeness (QED) is 0.817. The standard InChI is InChI=1S/C11H13FN2O/c1-8-5-9(12)3-4-11(8)15-7-10(6-13)14-2/h3-5,10,14H,7H2,1-2H3. The van der Waals surface area contributed by atoms with Crippen molar-refractivity contribution >= 4 is 0 Å². The Morgan fingerprint density at radius 3 is 2.87 bits per heavy atom. The average Bonchev–Trinajstić information content (AvgIpc) is 2.22. The summed E-state index contributed by atoms with van der Waals surface area (Å²) >= 11 is 0.